The van der Waals surface area contributed by atoms with Crippen LogP contribution in [-0.2, 0) is 11.2 Å². The number of carbonyl (C=O) groups excluding carboxylic acids is 2. The molecule has 0 unspecified atom stereocenters. The second-order valence-corrected chi connectivity index (χ2v) is 3.77. The minimum atomic E-state index is -0.390. The Morgan fingerprint density at radius 1 is 1.00 bits per heavy atom. The van der Waals surface area contributed by atoms with Crippen LogP contribution in [0.3, 0.4) is 0 Å². The van der Waals surface area contributed by atoms with E-state index in [2.05, 4.69) is 0 Å². The highest BCUT2D eigenvalue weighted by atomic mass is 16.5. The van der Waals surface area contributed by atoms with E-state index in [1.165, 1.54) is 0 Å². The molecule has 3 heteroatoms. The summed E-state index contributed by atoms with van der Waals surface area (Å²) in [5.41, 5.74) is 1.40. The lowest BCUT2D eigenvalue weighted by Gasteiger charge is -2.04. The normalized spacial score (nSPS) is 9.78. The van der Waals surface area contributed by atoms with Gasteiger partial charge in [-0.1, -0.05) is 30.3 Å². The second kappa shape index (κ2) is 5.77. The number of rotatable bonds is 4. The van der Waals surface area contributed by atoms with Crippen LogP contribution in [-0.4, -0.2) is 12.3 Å². The zero-order chi connectivity index (χ0) is 12.8. The molecular weight excluding hydrogens is 228 g/mol. The third kappa shape index (κ3) is 3.04. The van der Waals surface area contributed by atoms with Gasteiger partial charge in [-0.2, -0.15) is 0 Å². The van der Waals surface area contributed by atoms with E-state index in [-0.39, 0.29) is 0 Å². The smallest absolute Gasteiger partial charge is 0.343 e. The van der Waals surface area contributed by atoms with Gasteiger partial charge in [0.05, 0.1) is 5.56 Å². The zero-order valence-corrected chi connectivity index (χ0v) is 9.71. The fourth-order valence-electron chi connectivity index (χ4n) is 1.53. The van der Waals surface area contributed by atoms with Gasteiger partial charge in [-0.25, -0.2) is 4.79 Å². The topological polar surface area (TPSA) is 43.4 Å². The molecule has 3 nitrogen and oxygen atoms in total. The zero-order valence-electron chi connectivity index (χ0n) is 9.71. The Labute approximate surface area is 105 Å². The van der Waals surface area contributed by atoms with Gasteiger partial charge >= 0.3 is 5.97 Å². The molecule has 0 bridgehead atoms. The molecule has 0 N–H and O–H groups in total. The molecule has 2 rings (SSSR count). The highest BCUT2D eigenvalue weighted by Gasteiger charge is 2.07. The molecule has 0 saturated heterocycles. The van der Waals surface area contributed by atoms with Gasteiger partial charge in [0.2, 0.25) is 0 Å². The highest BCUT2D eigenvalue weighted by molar-refractivity contribution is 5.90. The van der Waals surface area contributed by atoms with Crippen molar-refractivity contribution >= 4 is 12.3 Å². The van der Waals surface area contributed by atoms with Gasteiger partial charge in [0.25, 0.3) is 0 Å². The van der Waals surface area contributed by atoms with Crippen LogP contribution in [0, 0.1) is 0 Å². The average molecular weight is 240 g/mol. The summed E-state index contributed by atoms with van der Waals surface area (Å²) in [6, 6.07) is 15.7. The lowest BCUT2D eigenvalue weighted by Crippen LogP contribution is -2.08. The Hall–Kier alpha value is -2.42. The molecule has 0 fully saturated rings. The van der Waals surface area contributed by atoms with Crippen molar-refractivity contribution in [1.29, 1.82) is 0 Å². The number of benzene rings is 2. The minimum Gasteiger partial charge on any atom is -0.423 e. The Balaban J connectivity index is 2.05. The predicted octanol–water partition coefficient (Wildman–Crippen LogP) is 2.65. The molecule has 0 aliphatic heterocycles. The standard InChI is InChI=1S/C15H12O3/c16-11-10-12-6-8-14(9-7-12)18-15(17)13-4-2-1-3-5-13/h1-9,11H,10H2. The molecule has 0 amide bonds. The Morgan fingerprint density at radius 2 is 1.67 bits per heavy atom. The monoisotopic (exact) mass is 240 g/mol. The van der Waals surface area contributed by atoms with Crippen LogP contribution in [0.5, 0.6) is 5.75 Å². The third-order valence-electron chi connectivity index (χ3n) is 2.46. The van der Waals surface area contributed by atoms with Crippen LogP contribution in [0.15, 0.2) is 54.6 Å². The average Bonchev–Trinajstić information content (AvgIpc) is 2.42. The van der Waals surface area contributed by atoms with Crippen molar-refractivity contribution in [2.24, 2.45) is 0 Å². The number of ether oxygens (including phenoxy) is 1. The number of aldehydes is 1. The fraction of sp³-hybridized carbons (Fsp3) is 0.0667. The molecule has 18 heavy (non-hydrogen) atoms. The Morgan fingerprint density at radius 3 is 2.28 bits per heavy atom. The van der Waals surface area contributed by atoms with Crippen molar-refractivity contribution in [3.8, 4) is 5.75 Å². The van der Waals surface area contributed by atoms with Gasteiger partial charge in [-0.3, -0.25) is 0 Å². The lowest BCUT2D eigenvalue weighted by atomic mass is 10.1. The van der Waals surface area contributed by atoms with Gasteiger partial charge < -0.3 is 9.53 Å². The Bertz CT molecular complexity index is 529. The summed E-state index contributed by atoms with van der Waals surface area (Å²) in [5.74, 6) is 0.0808. The van der Waals surface area contributed by atoms with Gasteiger partial charge in [0.15, 0.2) is 0 Å². The van der Waals surface area contributed by atoms with E-state index in [9.17, 15) is 9.59 Å². The van der Waals surface area contributed by atoms with Crippen LogP contribution >= 0.6 is 0 Å². The quantitative estimate of drug-likeness (QED) is 0.469. The first kappa shape index (κ1) is 12.0. The van der Waals surface area contributed by atoms with Gasteiger partial charge in [-0.05, 0) is 29.8 Å². The minimum absolute atomic E-state index is 0.368. The largest absolute Gasteiger partial charge is 0.423 e. The third-order valence-corrected chi connectivity index (χ3v) is 2.46. The van der Waals surface area contributed by atoms with E-state index in [0.717, 1.165) is 11.8 Å². The molecule has 2 aromatic rings. The second-order valence-electron chi connectivity index (χ2n) is 3.77. The lowest BCUT2D eigenvalue weighted by molar-refractivity contribution is -0.107. The molecule has 0 atom stereocenters. The first-order valence-corrected chi connectivity index (χ1v) is 5.59. The van der Waals surface area contributed by atoms with Crippen molar-refractivity contribution < 1.29 is 14.3 Å². The van der Waals surface area contributed by atoms with Crippen LogP contribution in [0.2, 0.25) is 0 Å². The van der Waals surface area contributed by atoms with E-state index in [0.29, 0.717) is 17.7 Å². The predicted molar refractivity (Wildman–Crippen MR) is 67.6 cm³/mol. The summed E-state index contributed by atoms with van der Waals surface area (Å²) in [6.45, 7) is 0. The Kier molecular flexibility index (Phi) is 3.86. The first-order chi connectivity index (χ1) is 8.79. The number of carbonyl (C=O) groups is 2. The fourth-order valence-corrected chi connectivity index (χ4v) is 1.53. The maximum atomic E-state index is 11.7. The van der Waals surface area contributed by atoms with Gasteiger partial charge in [-0.15, -0.1) is 0 Å². The summed E-state index contributed by atoms with van der Waals surface area (Å²) < 4.78 is 5.21. The molecule has 0 aromatic heterocycles. The van der Waals surface area contributed by atoms with Gasteiger partial charge in [0.1, 0.15) is 12.0 Å². The van der Waals surface area contributed by atoms with Crippen LogP contribution in [0.25, 0.3) is 0 Å². The summed E-state index contributed by atoms with van der Waals surface area (Å²) in [5, 5.41) is 0. The molecule has 0 heterocycles. The molecule has 0 aliphatic rings. The van der Waals surface area contributed by atoms with Crippen LogP contribution in [0.1, 0.15) is 15.9 Å². The van der Waals surface area contributed by atoms with Crippen LogP contribution in [0.4, 0.5) is 0 Å². The van der Waals surface area contributed by atoms with E-state index in [1.807, 2.05) is 6.07 Å². The SMILES string of the molecule is O=CCc1ccc(OC(=O)c2ccccc2)cc1. The summed E-state index contributed by atoms with van der Waals surface area (Å²) in [6.07, 6.45) is 1.21. The maximum absolute atomic E-state index is 11.7. The summed E-state index contributed by atoms with van der Waals surface area (Å²) in [7, 11) is 0. The van der Waals surface area contributed by atoms with Crippen molar-refractivity contribution in [2.45, 2.75) is 6.42 Å². The molecule has 0 spiro atoms. The van der Waals surface area contributed by atoms with Crippen molar-refractivity contribution in [1.82, 2.24) is 0 Å². The number of hydrogen-bond acceptors (Lipinski definition) is 3. The molecular formula is C15H12O3. The van der Waals surface area contributed by atoms with Crippen LogP contribution < -0.4 is 4.74 Å². The molecule has 0 saturated carbocycles. The molecule has 2 aromatic carbocycles. The van der Waals surface area contributed by atoms with Crippen molar-refractivity contribution in [3.05, 3.63) is 65.7 Å². The van der Waals surface area contributed by atoms with E-state index < -0.39 is 5.97 Å². The van der Waals surface area contributed by atoms with Crippen molar-refractivity contribution in [2.75, 3.05) is 0 Å². The molecule has 0 aliphatic carbocycles. The first-order valence-electron chi connectivity index (χ1n) is 5.59. The van der Waals surface area contributed by atoms with Crippen molar-refractivity contribution in [3.63, 3.8) is 0 Å². The van der Waals surface area contributed by atoms with Gasteiger partial charge in [0, 0.05) is 6.42 Å². The molecule has 90 valence electrons. The van der Waals surface area contributed by atoms with E-state index in [4.69, 9.17) is 4.74 Å². The molecule has 0 radical (unpaired) electrons. The highest BCUT2D eigenvalue weighted by Crippen LogP contribution is 2.14. The number of esters is 1. The maximum Gasteiger partial charge on any atom is 0.343 e. The van der Waals surface area contributed by atoms with E-state index >= 15 is 0 Å². The summed E-state index contributed by atoms with van der Waals surface area (Å²) >= 11 is 0. The van der Waals surface area contributed by atoms with E-state index in [1.54, 1.807) is 48.5 Å². The number of hydrogen-bond donors (Lipinski definition) is 0. The summed E-state index contributed by atoms with van der Waals surface area (Å²) in [4.78, 5) is 22.1.